The molecule has 0 aromatic rings. The normalized spacial score (nSPS) is 47.2. The van der Waals surface area contributed by atoms with E-state index in [1.165, 1.54) is 19.3 Å². The van der Waals surface area contributed by atoms with Gasteiger partial charge in [0, 0.05) is 33.5 Å². The van der Waals surface area contributed by atoms with Crippen molar-refractivity contribution in [1.29, 1.82) is 0 Å². The molecule has 5 nitrogen and oxygen atoms in total. The van der Waals surface area contributed by atoms with Crippen LogP contribution in [0.1, 0.15) is 85.0 Å². The molecule has 0 saturated heterocycles. The zero-order valence-corrected chi connectivity index (χ0v) is 20.2. The third-order valence-corrected chi connectivity index (χ3v) is 11.1. The van der Waals surface area contributed by atoms with Crippen LogP contribution in [0.3, 0.4) is 0 Å². The molecule has 0 radical (unpaired) electrons. The second kappa shape index (κ2) is 8.29. The molecular formula is C26H44O5. The average molecular weight is 437 g/mol. The van der Waals surface area contributed by atoms with Crippen LogP contribution in [0.4, 0.5) is 0 Å². The van der Waals surface area contributed by atoms with Gasteiger partial charge in [-0.2, -0.15) is 0 Å². The summed E-state index contributed by atoms with van der Waals surface area (Å²) in [4.78, 5) is 11.1. The van der Waals surface area contributed by atoms with Crippen LogP contribution >= 0.6 is 0 Å². The van der Waals surface area contributed by atoms with Crippen LogP contribution in [0.25, 0.3) is 0 Å². The van der Waals surface area contributed by atoms with Gasteiger partial charge in [0.1, 0.15) is 0 Å². The number of hydrogen-bond acceptors (Lipinski definition) is 4. The van der Waals surface area contributed by atoms with Gasteiger partial charge < -0.3 is 19.7 Å². The van der Waals surface area contributed by atoms with E-state index in [0.717, 1.165) is 38.5 Å². The van der Waals surface area contributed by atoms with Crippen molar-refractivity contribution < 1.29 is 24.5 Å². The Kier molecular flexibility index (Phi) is 6.28. The van der Waals surface area contributed by atoms with Gasteiger partial charge in [-0.25, -0.2) is 0 Å². The average Bonchev–Trinajstić information content (AvgIpc) is 3.11. The summed E-state index contributed by atoms with van der Waals surface area (Å²) in [5, 5.41) is 20.8. The minimum absolute atomic E-state index is 0.0697. The van der Waals surface area contributed by atoms with Crippen molar-refractivity contribution >= 4 is 5.97 Å². The molecule has 9 atom stereocenters. The third-order valence-electron chi connectivity index (χ3n) is 11.1. The second-order valence-corrected chi connectivity index (χ2v) is 11.9. The molecule has 4 aliphatic rings. The van der Waals surface area contributed by atoms with Crippen LogP contribution in [0.2, 0.25) is 0 Å². The van der Waals surface area contributed by atoms with Gasteiger partial charge in [-0.1, -0.05) is 20.8 Å². The fourth-order valence-corrected chi connectivity index (χ4v) is 9.13. The predicted octanol–water partition coefficient (Wildman–Crippen LogP) is 5.11. The van der Waals surface area contributed by atoms with Gasteiger partial charge in [-0.3, -0.25) is 4.79 Å². The van der Waals surface area contributed by atoms with Gasteiger partial charge in [0.25, 0.3) is 0 Å². The minimum atomic E-state index is -0.706. The predicted molar refractivity (Wildman–Crippen MR) is 119 cm³/mol. The Bertz CT molecular complexity index is 675. The zero-order valence-electron chi connectivity index (χ0n) is 20.2. The fourth-order valence-electron chi connectivity index (χ4n) is 9.13. The lowest BCUT2D eigenvalue weighted by Gasteiger charge is -2.63. The molecule has 0 bridgehead atoms. The molecule has 31 heavy (non-hydrogen) atoms. The molecular weight excluding hydrogens is 392 g/mol. The lowest BCUT2D eigenvalue weighted by molar-refractivity contribution is -0.265. The van der Waals surface area contributed by atoms with Crippen molar-refractivity contribution in [2.24, 2.45) is 46.3 Å². The highest BCUT2D eigenvalue weighted by atomic mass is 16.7. The van der Waals surface area contributed by atoms with Crippen LogP contribution in [0, 0.1) is 46.3 Å². The first-order valence-corrected chi connectivity index (χ1v) is 12.6. The molecule has 4 fully saturated rings. The van der Waals surface area contributed by atoms with E-state index < -0.39 is 11.8 Å². The highest BCUT2D eigenvalue weighted by Gasteiger charge is 2.64. The number of fused-ring (bicyclic) bond motifs is 5. The molecule has 0 spiro atoms. The van der Waals surface area contributed by atoms with Crippen LogP contribution in [-0.4, -0.2) is 42.3 Å². The van der Waals surface area contributed by atoms with Gasteiger partial charge in [-0.15, -0.1) is 0 Å². The summed E-state index contributed by atoms with van der Waals surface area (Å²) < 4.78 is 11.7. The van der Waals surface area contributed by atoms with Crippen LogP contribution in [-0.2, 0) is 14.3 Å². The molecule has 0 amide bonds. The van der Waals surface area contributed by atoms with E-state index in [0.29, 0.717) is 35.5 Å². The molecule has 0 aromatic heterocycles. The molecule has 178 valence electrons. The standard InChI is InChI=1S/C26H44O5/c1-16(6-11-23(28)29)19-9-10-20-18-8-7-17-15-26(30-4,31-5)13-12-24(17,2)21(18)14-22(27)25(19,20)3/h16-22,27H,6-15H2,1-5H3,(H,28,29)/t16-,17-,18-,19-,20+,21+,22+,24+,25-/m1/s1. The lowest BCUT2D eigenvalue weighted by Crippen LogP contribution is -2.60. The number of aliphatic hydroxyl groups excluding tert-OH is 1. The number of aliphatic carboxylic acids is 1. The van der Waals surface area contributed by atoms with Gasteiger partial charge in [-0.05, 0) is 91.3 Å². The summed E-state index contributed by atoms with van der Waals surface area (Å²) in [6.45, 7) is 7.04. The maximum absolute atomic E-state index is 11.6. The third kappa shape index (κ3) is 3.58. The molecule has 4 saturated carbocycles. The SMILES string of the molecule is COC1(OC)CC[C@@]2(C)[C@H](CC[C@H]3[C@@H]2C[C@H](O)[C@]2(C)[C@@H]([C@H](C)CCC(=O)O)CC[C@@H]32)C1. The Morgan fingerprint density at radius 3 is 2.42 bits per heavy atom. The Balaban J connectivity index is 1.55. The van der Waals surface area contributed by atoms with Crippen LogP contribution in [0.5, 0.6) is 0 Å². The van der Waals surface area contributed by atoms with Crippen molar-refractivity contribution in [2.45, 2.75) is 96.9 Å². The minimum Gasteiger partial charge on any atom is -0.481 e. The maximum Gasteiger partial charge on any atom is 0.303 e. The largest absolute Gasteiger partial charge is 0.481 e. The summed E-state index contributed by atoms with van der Waals surface area (Å²) in [5.74, 6) is 2.04. The zero-order chi connectivity index (χ0) is 22.6. The molecule has 0 aromatic carbocycles. The Morgan fingerprint density at radius 1 is 1.06 bits per heavy atom. The van der Waals surface area contributed by atoms with E-state index >= 15 is 0 Å². The van der Waals surface area contributed by atoms with Crippen LogP contribution in [0.15, 0.2) is 0 Å². The van der Waals surface area contributed by atoms with Gasteiger partial charge in [0.15, 0.2) is 5.79 Å². The number of methoxy groups -OCH3 is 2. The van der Waals surface area contributed by atoms with Crippen molar-refractivity contribution in [2.75, 3.05) is 14.2 Å². The van der Waals surface area contributed by atoms with Gasteiger partial charge >= 0.3 is 5.97 Å². The number of carbonyl (C=O) groups is 1. The van der Waals surface area contributed by atoms with Crippen LogP contribution < -0.4 is 0 Å². The molecule has 0 heterocycles. The Labute approximate surface area is 188 Å². The summed E-state index contributed by atoms with van der Waals surface area (Å²) in [6, 6.07) is 0. The maximum atomic E-state index is 11.6. The molecule has 5 heteroatoms. The van der Waals surface area contributed by atoms with Gasteiger partial charge in [0.2, 0.25) is 0 Å². The number of carboxylic acid groups (broad SMARTS) is 1. The lowest BCUT2D eigenvalue weighted by atomic mass is 9.43. The summed E-state index contributed by atoms with van der Waals surface area (Å²) in [5.41, 5.74) is 0.179. The summed E-state index contributed by atoms with van der Waals surface area (Å²) in [7, 11) is 3.55. The fraction of sp³-hybridized carbons (Fsp3) is 0.962. The monoisotopic (exact) mass is 436 g/mol. The highest BCUT2D eigenvalue weighted by molar-refractivity contribution is 5.66. The number of hydrogen-bond donors (Lipinski definition) is 2. The van der Waals surface area contributed by atoms with E-state index in [1.54, 1.807) is 14.2 Å². The number of ether oxygens (including phenoxy) is 2. The van der Waals surface area contributed by atoms with E-state index in [4.69, 9.17) is 14.6 Å². The van der Waals surface area contributed by atoms with Crippen molar-refractivity contribution in [3.05, 3.63) is 0 Å². The summed E-state index contributed by atoms with van der Waals surface area (Å²) in [6.07, 6.45) is 9.39. The number of aliphatic hydroxyl groups is 1. The van der Waals surface area contributed by atoms with Crippen molar-refractivity contribution in [1.82, 2.24) is 0 Å². The van der Waals surface area contributed by atoms with E-state index in [1.807, 2.05) is 0 Å². The molecule has 4 aliphatic carbocycles. The molecule has 0 aliphatic heterocycles. The Morgan fingerprint density at radius 2 is 1.77 bits per heavy atom. The first kappa shape index (κ1) is 23.5. The van der Waals surface area contributed by atoms with Gasteiger partial charge in [0.05, 0.1) is 6.10 Å². The highest BCUT2D eigenvalue weighted by Crippen LogP contribution is 2.69. The van der Waals surface area contributed by atoms with Crippen molar-refractivity contribution in [3.63, 3.8) is 0 Å². The second-order valence-electron chi connectivity index (χ2n) is 11.9. The van der Waals surface area contributed by atoms with Crippen molar-refractivity contribution in [3.8, 4) is 0 Å². The quantitative estimate of drug-likeness (QED) is 0.566. The first-order chi connectivity index (χ1) is 14.6. The number of carboxylic acids is 1. The Hall–Kier alpha value is -0.650. The molecule has 2 N–H and O–H groups in total. The van der Waals surface area contributed by atoms with E-state index in [2.05, 4.69) is 20.8 Å². The summed E-state index contributed by atoms with van der Waals surface area (Å²) >= 11 is 0. The number of rotatable bonds is 6. The van der Waals surface area contributed by atoms with E-state index in [9.17, 15) is 9.90 Å². The van der Waals surface area contributed by atoms with E-state index in [-0.39, 0.29) is 23.4 Å². The topological polar surface area (TPSA) is 76.0 Å². The molecule has 0 unspecified atom stereocenters. The molecule has 4 rings (SSSR count). The smallest absolute Gasteiger partial charge is 0.303 e. The first-order valence-electron chi connectivity index (χ1n) is 12.6.